The van der Waals surface area contributed by atoms with Crippen LogP contribution >= 0.6 is 11.6 Å². The highest BCUT2D eigenvalue weighted by Gasteiger charge is 2.35. The predicted molar refractivity (Wildman–Crippen MR) is 117 cm³/mol. The highest BCUT2D eigenvalue weighted by Crippen LogP contribution is 2.47. The largest absolute Gasteiger partial charge is 0.493 e. The zero-order valence-electron chi connectivity index (χ0n) is 17.8. The van der Waals surface area contributed by atoms with Gasteiger partial charge < -0.3 is 14.6 Å². The van der Waals surface area contributed by atoms with Gasteiger partial charge in [0.05, 0.1) is 28.9 Å². The van der Waals surface area contributed by atoms with Gasteiger partial charge in [-0.15, -0.1) is 11.6 Å². The molecule has 1 fully saturated rings. The van der Waals surface area contributed by atoms with Crippen LogP contribution in [0.2, 0.25) is 0 Å². The molecule has 170 valence electrons. The van der Waals surface area contributed by atoms with Crippen LogP contribution in [0.4, 0.5) is 8.78 Å². The Bertz CT molecular complexity index is 1120. The lowest BCUT2D eigenvalue weighted by Gasteiger charge is -2.16. The molecule has 1 aliphatic rings. The quantitative estimate of drug-likeness (QED) is 0.384. The van der Waals surface area contributed by atoms with Gasteiger partial charge in [0.15, 0.2) is 0 Å². The Kier molecular flexibility index (Phi) is 6.57. The second kappa shape index (κ2) is 9.38. The first-order valence-electron chi connectivity index (χ1n) is 10.4. The van der Waals surface area contributed by atoms with Gasteiger partial charge in [-0.3, -0.25) is 4.79 Å². The summed E-state index contributed by atoms with van der Waals surface area (Å²) in [6, 6.07) is 3.86. The topological polar surface area (TPSA) is 76.0 Å². The molecule has 1 atom stereocenters. The molecule has 0 amide bonds. The normalized spacial score (nSPS) is 14.7. The maximum atomic E-state index is 15.1. The van der Waals surface area contributed by atoms with E-state index in [0.717, 1.165) is 31.5 Å². The third kappa shape index (κ3) is 4.83. The fourth-order valence-corrected chi connectivity index (χ4v) is 3.86. The number of halogens is 3. The molecule has 3 aromatic rings. The SMILES string of the molecule is CN(C)CCCOc1cc(F)c(-c2[nH]c(=O)c(-n3cccn3)nc2C(Cl)C2CC2)c(F)c1. The van der Waals surface area contributed by atoms with Crippen molar-refractivity contribution in [2.24, 2.45) is 5.92 Å². The van der Waals surface area contributed by atoms with Crippen LogP contribution < -0.4 is 10.3 Å². The summed E-state index contributed by atoms with van der Waals surface area (Å²) >= 11 is 6.60. The minimum atomic E-state index is -0.863. The van der Waals surface area contributed by atoms with E-state index < -0.39 is 22.6 Å². The van der Waals surface area contributed by atoms with Gasteiger partial charge in [0.2, 0.25) is 5.82 Å². The Morgan fingerprint density at radius 2 is 2.03 bits per heavy atom. The maximum Gasteiger partial charge on any atom is 0.293 e. The van der Waals surface area contributed by atoms with E-state index in [4.69, 9.17) is 16.3 Å². The van der Waals surface area contributed by atoms with Crippen molar-refractivity contribution in [2.75, 3.05) is 27.2 Å². The van der Waals surface area contributed by atoms with E-state index in [1.807, 2.05) is 19.0 Å². The molecule has 2 aromatic heterocycles. The number of benzene rings is 1. The second-order valence-electron chi connectivity index (χ2n) is 8.11. The lowest BCUT2D eigenvalue weighted by atomic mass is 10.0. The summed E-state index contributed by atoms with van der Waals surface area (Å²) in [6.07, 6.45) is 5.55. The number of alkyl halides is 1. The Hall–Kier alpha value is -2.78. The van der Waals surface area contributed by atoms with E-state index in [9.17, 15) is 4.79 Å². The van der Waals surface area contributed by atoms with Gasteiger partial charge in [-0.1, -0.05) is 0 Å². The fourth-order valence-electron chi connectivity index (χ4n) is 3.45. The number of aromatic nitrogens is 4. The summed E-state index contributed by atoms with van der Waals surface area (Å²) in [4.78, 5) is 21.7. The molecule has 0 radical (unpaired) electrons. The van der Waals surface area contributed by atoms with Crippen molar-refractivity contribution in [1.82, 2.24) is 24.6 Å². The van der Waals surface area contributed by atoms with Crippen molar-refractivity contribution >= 4 is 11.6 Å². The lowest BCUT2D eigenvalue weighted by molar-refractivity contribution is 0.279. The molecular weight excluding hydrogens is 440 g/mol. The monoisotopic (exact) mass is 463 g/mol. The molecule has 0 bridgehead atoms. The molecule has 0 spiro atoms. The van der Waals surface area contributed by atoms with E-state index in [1.165, 1.54) is 10.9 Å². The van der Waals surface area contributed by atoms with Crippen LogP contribution in [-0.4, -0.2) is 51.9 Å². The molecule has 4 rings (SSSR count). The van der Waals surface area contributed by atoms with Gasteiger partial charge in [-0.05, 0) is 45.3 Å². The van der Waals surface area contributed by atoms with Crippen molar-refractivity contribution in [3.8, 4) is 22.8 Å². The number of nitrogens with zero attached hydrogens (tertiary/aromatic N) is 4. The van der Waals surface area contributed by atoms with E-state index >= 15 is 8.78 Å². The molecule has 1 aliphatic carbocycles. The summed E-state index contributed by atoms with van der Waals surface area (Å²) < 4.78 is 36.9. The van der Waals surface area contributed by atoms with Crippen LogP contribution in [0.3, 0.4) is 0 Å². The third-order valence-corrected chi connectivity index (χ3v) is 5.79. The minimum Gasteiger partial charge on any atom is -0.493 e. The van der Waals surface area contributed by atoms with Gasteiger partial charge in [-0.25, -0.2) is 18.4 Å². The van der Waals surface area contributed by atoms with Crippen LogP contribution in [0.15, 0.2) is 35.4 Å². The number of rotatable bonds is 9. The summed E-state index contributed by atoms with van der Waals surface area (Å²) in [6.45, 7) is 1.12. The fraction of sp³-hybridized carbons (Fsp3) is 0.409. The summed E-state index contributed by atoms with van der Waals surface area (Å²) in [5.41, 5.74) is -0.859. The number of ether oxygens (including phenoxy) is 1. The van der Waals surface area contributed by atoms with Gasteiger partial charge in [0.1, 0.15) is 17.4 Å². The molecule has 7 nitrogen and oxygen atoms in total. The Labute approximate surface area is 189 Å². The number of H-pyrrole nitrogens is 1. The van der Waals surface area contributed by atoms with E-state index in [2.05, 4.69) is 15.1 Å². The van der Waals surface area contributed by atoms with E-state index in [-0.39, 0.29) is 34.4 Å². The highest BCUT2D eigenvalue weighted by molar-refractivity contribution is 6.21. The van der Waals surface area contributed by atoms with E-state index in [0.29, 0.717) is 13.0 Å². The van der Waals surface area contributed by atoms with Gasteiger partial charge in [-0.2, -0.15) is 5.10 Å². The molecule has 2 heterocycles. The lowest BCUT2D eigenvalue weighted by Crippen LogP contribution is -2.21. The minimum absolute atomic E-state index is 0.0123. The van der Waals surface area contributed by atoms with Crippen molar-refractivity contribution < 1.29 is 13.5 Å². The molecule has 1 saturated carbocycles. The average Bonchev–Trinajstić information content (AvgIpc) is 3.45. The van der Waals surface area contributed by atoms with E-state index in [1.54, 1.807) is 12.3 Å². The molecule has 32 heavy (non-hydrogen) atoms. The maximum absolute atomic E-state index is 15.1. The van der Waals surface area contributed by atoms with Crippen LogP contribution in [0.5, 0.6) is 5.75 Å². The van der Waals surface area contributed by atoms with Gasteiger partial charge >= 0.3 is 0 Å². The van der Waals surface area contributed by atoms with Crippen molar-refractivity contribution in [2.45, 2.75) is 24.6 Å². The Balaban J connectivity index is 1.72. The van der Waals surface area contributed by atoms with Crippen LogP contribution in [0.1, 0.15) is 30.3 Å². The van der Waals surface area contributed by atoms with Gasteiger partial charge in [0, 0.05) is 31.1 Å². The summed E-state index contributed by atoms with van der Waals surface area (Å²) in [5, 5.41) is 3.43. The van der Waals surface area contributed by atoms with Gasteiger partial charge in [0.25, 0.3) is 5.56 Å². The standard InChI is InChI=1S/C22H24ClF2N5O2/c1-29(2)8-4-10-32-14-11-15(24)17(16(25)12-14)19-20(18(23)13-5-6-13)27-21(22(31)28-19)30-9-3-7-26-30/h3,7,9,11-13,18H,4-6,8,10H2,1-2H3,(H,28,31). The van der Waals surface area contributed by atoms with Crippen molar-refractivity contribution in [1.29, 1.82) is 0 Å². The van der Waals surface area contributed by atoms with Crippen molar-refractivity contribution in [3.63, 3.8) is 0 Å². The first kappa shape index (κ1) is 22.4. The number of aromatic amines is 1. The first-order chi connectivity index (χ1) is 15.3. The van der Waals surface area contributed by atoms with Crippen LogP contribution in [0, 0.1) is 17.6 Å². The average molecular weight is 464 g/mol. The number of hydrogen-bond donors (Lipinski definition) is 1. The third-order valence-electron chi connectivity index (χ3n) is 5.23. The van der Waals surface area contributed by atoms with Crippen LogP contribution in [0.25, 0.3) is 17.1 Å². The summed E-state index contributed by atoms with van der Waals surface area (Å²) in [5.74, 6) is -1.53. The van der Waals surface area contributed by atoms with Crippen LogP contribution in [-0.2, 0) is 0 Å². The zero-order chi connectivity index (χ0) is 22.8. The van der Waals surface area contributed by atoms with Crippen molar-refractivity contribution in [3.05, 3.63) is 58.3 Å². The number of hydrogen-bond acceptors (Lipinski definition) is 5. The Morgan fingerprint density at radius 3 is 2.62 bits per heavy atom. The zero-order valence-corrected chi connectivity index (χ0v) is 18.6. The Morgan fingerprint density at radius 1 is 1.31 bits per heavy atom. The first-order valence-corrected chi connectivity index (χ1v) is 10.8. The highest BCUT2D eigenvalue weighted by atomic mass is 35.5. The number of nitrogens with one attached hydrogen (secondary N) is 1. The predicted octanol–water partition coefficient (Wildman–Crippen LogP) is 3.92. The molecule has 1 N–H and O–H groups in total. The molecule has 0 saturated heterocycles. The second-order valence-corrected chi connectivity index (χ2v) is 8.58. The smallest absolute Gasteiger partial charge is 0.293 e. The summed E-state index contributed by atoms with van der Waals surface area (Å²) in [7, 11) is 3.87. The molecule has 0 aliphatic heterocycles. The molecule has 1 aromatic carbocycles. The molecule has 1 unspecified atom stereocenters. The molecular formula is C22H24ClF2N5O2. The molecule has 10 heteroatoms.